The van der Waals surface area contributed by atoms with Crippen LogP contribution in [0.1, 0.15) is 18.6 Å². The van der Waals surface area contributed by atoms with E-state index in [2.05, 4.69) is 0 Å². The van der Waals surface area contributed by atoms with Crippen molar-refractivity contribution in [2.24, 2.45) is 0 Å². The van der Waals surface area contributed by atoms with Crippen LogP contribution in [0.15, 0.2) is 48.5 Å². The summed E-state index contributed by atoms with van der Waals surface area (Å²) in [6.07, 6.45) is -0.652. The van der Waals surface area contributed by atoms with Crippen LogP contribution >= 0.6 is 11.6 Å². The molecule has 0 fully saturated rings. The lowest BCUT2D eigenvalue weighted by Gasteiger charge is -2.25. The molecule has 6 heteroatoms. The summed E-state index contributed by atoms with van der Waals surface area (Å²) in [5.74, 6) is 1.56. The lowest BCUT2D eigenvalue weighted by atomic mass is 10.1. The average molecular weight is 379 g/mol. The Morgan fingerprint density at radius 3 is 2.69 bits per heavy atom. The van der Waals surface area contributed by atoms with Crippen LogP contribution in [0, 0.1) is 0 Å². The van der Waals surface area contributed by atoms with E-state index in [1.165, 1.54) is 0 Å². The van der Waals surface area contributed by atoms with Gasteiger partial charge in [-0.15, -0.1) is 0 Å². The van der Waals surface area contributed by atoms with Crippen molar-refractivity contribution in [3.8, 4) is 11.5 Å². The Morgan fingerprint density at radius 1 is 1.19 bits per heavy atom. The molecule has 0 saturated heterocycles. The minimum Gasteiger partial charge on any atom is -0.486 e. The SMILES string of the molecule is C[C@H](OC[C@H](O)C[NH2+]C[C@@H]1COc2ccccc2O1)c1ccc(Cl)cc1. The fourth-order valence-corrected chi connectivity index (χ4v) is 2.93. The normalized spacial score (nSPS) is 18.3. The van der Waals surface area contributed by atoms with Crippen LogP contribution in [-0.2, 0) is 4.74 Å². The smallest absolute Gasteiger partial charge is 0.181 e. The van der Waals surface area contributed by atoms with Gasteiger partial charge in [0, 0.05) is 5.02 Å². The van der Waals surface area contributed by atoms with E-state index in [1.807, 2.05) is 60.8 Å². The van der Waals surface area contributed by atoms with E-state index in [0.29, 0.717) is 18.2 Å². The molecule has 2 aromatic carbocycles. The van der Waals surface area contributed by atoms with Crippen LogP contribution in [-0.4, -0.2) is 43.6 Å². The molecule has 0 aliphatic carbocycles. The summed E-state index contributed by atoms with van der Waals surface area (Å²) < 4.78 is 17.3. The highest BCUT2D eigenvalue weighted by atomic mass is 35.5. The van der Waals surface area contributed by atoms with E-state index in [1.54, 1.807) is 0 Å². The molecule has 2 aromatic rings. The number of benzene rings is 2. The number of fused-ring (bicyclic) bond motifs is 1. The Bertz CT molecular complexity index is 694. The molecule has 0 unspecified atom stereocenters. The van der Waals surface area contributed by atoms with Crippen molar-refractivity contribution in [3.05, 3.63) is 59.1 Å². The largest absolute Gasteiger partial charge is 0.486 e. The van der Waals surface area contributed by atoms with Crippen molar-refractivity contribution in [3.63, 3.8) is 0 Å². The van der Waals surface area contributed by atoms with E-state index < -0.39 is 6.10 Å². The predicted octanol–water partition coefficient (Wildman–Crippen LogP) is 2.18. The number of hydrogen-bond donors (Lipinski definition) is 2. The van der Waals surface area contributed by atoms with Crippen LogP contribution in [0.3, 0.4) is 0 Å². The van der Waals surface area contributed by atoms with Gasteiger partial charge >= 0.3 is 0 Å². The van der Waals surface area contributed by atoms with Gasteiger partial charge in [-0.05, 0) is 36.8 Å². The Morgan fingerprint density at radius 2 is 1.92 bits per heavy atom. The molecule has 0 aromatic heterocycles. The Kier molecular flexibility index (Phi) is 6.74. The molecule has 0 amide bonds. The molecule has 0 radical (unpaired) electrons. The van der Waals surface area contributed by atoms with Crippen molar-refractivity contribution in [2.75, 3.05) is 26.3 Å². The third-order valence-electron chi connectivity index (χ3n) is 4.31. The summed E-state index contributed by atoms with van der Waals surface area (Å²) in [6, 6.07) is 15.2. The van der Waals surface area contributed by atoms with Gasteiger partial charge in [-0.3, -0.25) is 0 Å². The number of para-hydroxylation sites is 2. The highest BCUT2D eigenvalue weighted by molar-refractivity contribution is 6.30. The topological polar surface area (TPSA) is 64.5 Å². The number of halogens is 1. The zero-order chi connectivity index (χ0) is 18.4. The van der Waals surface area contributed by atoms with Gasteiger partial charge in [-0.25, -0.2) is 0 Å². The van der Waals surface area contributed by atoms with Gasteiger partial charge in [0.05, 0.1) is 12.7 Å². The molecule has 26 heavy (non-hydrogen) atoms. The van der Waals surface area contributed by atoms with Crippen molar-refractivity contribution in [2.45, 2.75) is 25.2 Å². The lowest BCUT2D eigenvalue weighted by Crippen LogP contribution is -2.89. The first-order valence-electron chi connectivity index (χ1n) is 8.87. The number of aliphatic hydroxyl groups excluding tert-OH is 1. The number of rotatable bonds is 8. The molecule has 3 rings (SSSR count). The fourth-order valence-electron chi connectivity index (χ4n) is 2.81. The Hall–Kier alpha value is -1.79. The average Bonchev–Trinajstić information content (AvgIpc) is 2.66. The Labute approximate surface area is 158 Å². The molecule has 1 heterocycles. The minimum absolute atomic E-state index is 0.0222. The van der Waals surface area contributed by atoms with Crippen LogP contribution in [0.5, 0.6) is 11.5 Å². The van der Waals surface area contributed by atoms with E-state index in [0.717, 1.165) is 23.6 Å². The lowest BCUT2D eigenvalue weighted by molar-refractivity contribution is -0.666. The van der Waals surface area contributed by atoms with Gasteiger partial charge in [-0.2, -0.15) is 0 Å². The van der Waals surface area contributed by atoms with Gasteiger partial charge in [0.25, 0.3) is 0 Å². The van der Waals surface area contributed by atoms with Crippen molar-refractivity contribution >= 4 is 11.6 Å². The molecule has 0 saturated carbocycles. The van der Waals surface area contributed by atoms with Crippen LogP contribution in [0.2, 0.25) is 5.02 Å². The van der Waals surface area contributed by atoms with E-state index in [-0.39, 0.29) is 18.8 Å². The zero-order valence-electron chi connectivity index (χ0n) is 14.8. The van der Waals surface area contributed by atoms with Gasteiger partial charge in [0.2, 0.25) is 0 Å². The van der Waals surface area contributed by atoms with Crippen molar-refractivity contribution in [1.82, 2.24) is 0 Å². The summed E-state index contributed by atoms with van der Waals surface area (Å²) in [5, 5.41) is 12.9. The number of nitrogens with two attached hydrogens (primary N) is 1. The first kappa shape index (κ1) is 19.0. The highest BCUT2D eigenvalue weighted by Crippen LogP contribution is 2.30. The van der Waals surface area contributed by atoms with E-state index in [9.17, 15) is 5.11 Å². The molecule has 5 nitrogen and oxygen atoms in total. The standard InChI is InChI=1S/C20H24ClNO4/c1-14(15-6-8-16(21)9-7-15)24-12-17(23)10-22-11-18-13-25-19-4-2-3-5-20(19)26-18/h2-9,14,17-18,22-23H,10-13H2,1H3/p+1/t14-,17+,18+/m0/s1. The predicted molar refractivity (Wildman–Crippen MR) is 99.8 cm³/mol. The summed E-state index contributed by atoms with van der Waals surface area (Å²) in [7, 11) is 0. The summed E-state index contributed by atoms with van der Waals surface area (Å²) in [6.45, 7) is 4.04. The first-order chi connectivity index (χ1) is 12.6. The molecule has 0 spiro atoms. The molecule has 140 valence electrons. The quantitative estimate of drug-likeness (QED) is 0.739. The molecule has 1 aliphatic heterocycles. The van der Waals surface area contributed by atoms with Crippen LogP contribution < -0.4 is 14.8 Å². The Balaban J connectivity index is 1.34. The maximum atomic E-state index is 10.1. The zero-order valence-corrected chi connectivity index (χ0v) is 15.6. The van der Waals surface area contributed by atoms with Crippen molar-refractivity contribution in [1.29, 1.82) is 0 Å². The third kappa shape index (κ3) is 5.35. The fraction of sp³-hybridized carbons (Fsp3) is 0.400. The number of aliphatic hydroxyl groups is 1. The minimum atomic E-state index is -0.540. The first-order valence-corrected chi connectivity index (χ1v) is 9.25. The molecule has 3 atom stereocenters. The van der Waals surface area contributed by atoms with Gasteiger partial charge in [0.1, 0.15) is 25.8 Å². The van der Waals surface area contributed by atoms with E-state index >= 15 is 0 Å². The second-order valence-electron chi connectivity index (χ2n) is 6.44. The molecular weight excluding hydrogens is 354 g/mol. The van der Waals surface area contributed by atoms with Gasteiger partial charge in [-0.1, -0.05) is 35.9 Å². The number of ether oxygens (including phenoxy) is 3. The van der Waals surface area contributed by atoms with Gasteiger partial charge < -0.3 is 24.6 Å². The summed E-state index contributed by atoms with van der Waals surface area (Å²) in [4.78, 5) is 0. The maximum Gasteiger partial charge on any atom is 0.181 e. The van der Waals surface area contributed by atoms with Crippen LogP contribution in [0.4, 0.5) is 0 Å². The van der Waals surface area contributed by atoms with Crippen molar-refractivity contribution < 1.29 is 24.6 Å². The van der Waals surface area contributed by atoms with Crippen LogP contribution in [0.25, 0.3) is 0 Å². The number of quaternary nitrogens is 1. The second kappa shape index (κ2) is 9.24. The highest BCUT2D eigenvalue weighted by Gasteiger charge is 2.22. The summed E-state index contributed by atoms with van der Waals surface area (Å²) >= 11 is 5.89. The molecule has 1 aliphatic rings. The van der Waals surface area contributed by atoms with Gasteiger partial charge in [0.15, 0.2) is 17.6 Å². The third-order valence-corrected chi connectivity index (χ3v) is 4.57. The maximum absolute atomic E-state index is 10.1. The molecule has 3 N–H and O–H groups in total. The second-order valence-corrected chi connectivity index (χ2v) is 6.88. The monoisotopic (exact) mass is 378 g/mol. The molecule has 0 bridgehead atoms. The van der Waals surface area contributed by atoms with E-state index in [4.69, 9.17) is 25.8 Å². The molecular formula is C20H25ClNO4+. The summed E-state index contributed by atoms with van der Waals surface area (Å²) in [5.41, 5.74) is 1.04. The number of hydrogen-bond acceptors (Lipinski definition) is 4.